The standard InChI is InChI=1S/C11H10Cl2F2N2/c1-6(12)11-16-8-4-7(13)2-3-9(8)17(11)5-10(14)15/h2-4,6,10H,5H2,1H3. The van der Waals surface area contributed by atoms with Gasteiger partial charge in [-0.05, 0) is 25.1 Å². The molecule has 92 valence electrons. The van der Waals surface area contributed by atoms with Crippen LogP contribution < -0.4 is 0 Å². The Bertz CT molecular complexity index is 537. The predicted octanol–water partition coefficient (Wildman–Crippen LogP) is 4.25. The highest BCUT2D eigenvalue weighted by Crippen LogP contribution is 2.27. The van der Waals surface area contributed by atoms with Gasteiger partial charge in [0.25, 0.3) is 6.43 Å². The maximum absolute atomic E-state index is 12.5. The zero-order valence-electron chi connectivity index (χ0n) is 9.00. The first-order chi connectivity index (χ1) is 7.99. The lowest BCUT2D eigenvalue weighted by Gasteiger charge is -2.09. The molecule has 1 aromatic carbocycles. The SMILES string of the molecule is CC(Cl)c1nc2cc(Cl)ccc2n1CC(F)F. The molecule has 0 aliphatic rings. The monoisotopic (exact) mass is 278 g/mol. The van der Waals surface area contributed by atoms with Crippen LogP contribution in [0.1, 0.15) is 18.1 Å². The van der Waals surface area contributed by atoms with E-state index in [0.29, 0.717) is 21.9 Å². The quantitative estimate of drug-likeness (QED) is 0.768. The first-order valence-electron chi connectivity index (χ1n) is 5.07. The van der Waals surface area contributed by atoms with Crippen molar-refractivity contribution < 1.29 is 8.78 Å². The number of nitrogens with zero attached hydrogens (tertiary/aromatic N) is 2. The zero-order chi connectivity index (χ0) is 12.6. The summed E-state index contributed by atoms with van der Waals surface area (Å²) in [6.07, 6.45) is -2.45. The van der Waals surface area contributed by atoms with Crippen molar-refractivity contribution in [2.24, 2.45) is 0 Å². The number of fused-ring (bicyclic) bond motifs is 1. The van der Waals surface area contributed by atoms with Gasteiger partial charge in [0.05, 0.1) is 23.0 Å². The Balaban J connectivity index is 2.62. The van der Waals surface area contributed by atoms with E-state index in [1.54, 1.807) is 25.1 Å². The molecular formula is C11H10Cl2F2N2. The fraction of sp³-hybridized carbons (Fsp3) is 0.364. The van der Waals surface area contributed by atoms with E-state index in [4.69, 9.17) is 23.2 Å². The van der Waals surface area contributed by atoms with Crippen molar-refractivity contribution in [1.82, 2.24) is 9.55 Å². The van der Waals surface area contributed by atoms with Crippen molar-refractivity contribution in [2.45, 2.75) is 25.3 Å². The van der Waals surface area contributed by atoms with E-state index in [0.717, 1.165) is 0 Å². The summed E-state index contributed by atoms with van der Waals surface area (Å²) >= 11 is 11.8. The van der Waals surface area contributed by atoms with Crippen LogP contribution in [0, 0.1) is 0 Å². The fourth-order valence-electron chi connectivity index (χ4n) is 1.76. The average Bonchev–Trinajstić information content (AvgIpc) is 2.55. The van der Waals surface area contributed by atoms with Gasteiger partial charge in [0, 0.05) is 5.02 Å². The maximum atomic E-state index is 12.5. The van der Waals surface area contributed by atoms with Gasteiger partial charge in [-0.1, -0.05) is 11.6 Å². The van der Waals surface area contributed by atoms with Crippen LogP contribution in [0.2, 0.25) is 5.02 Å². The predicted molar refractivity (Wildman–Crippen MR) is 65.0 cm³/mol. The molecule has 0 spiro atoms. The zero-order valence-corrected chi connectivity index (χ0v) is 10.5. The molecule has 0 fully saturated rings. The van der Waals surface area contributed by atoms with Crippen molar-refractivity contribution in [3.63, 3.8) is 0 Å². The summed E-state index contributed by atoms with van der Waals surface area (Å²) < 4.78 is 26.5. The maximum Gasteiger partial charge on any atom is 0.256 e. The molecule has 1 atom stereocenters. The van der Waals surface area contributed by atoms with E-state index >= 15 is 0 Å². The van der Waals surface area contributed by atoms with Crippen LogP contribution in [0.5, 0.6) is 0 Å². The molecule has 0 saturated carbocycles. The minimum atomic E-state index is -2.45. The summed E-state index contributed by atoms with van der Waals surface area (Å²) in [6.45, 7) is 1.29. The Kier molecular flexibility index (Phi) is 3.54. The van der Waals surface area contributed by atoms with Crippen LogP contribution in [-0.4, -0.2) is 16.0 Å². The molecule has 2 aromatic rings. The van der Waals surface area contributed by atoms with E-state index in [2.05, 4.69) is 4.98 Å². The van der Waals surface area contributed by atoms with Crippen LogP contribution in [-0.2, 0) is 6.54 Å². The third-order valence-electron chi connectivity index (χ3n) is 2.42. The summed E-state index contributed by atoms with van der Waals surface area (Å²) in [7, 11) is 0. The van der Waals surface area contributed by atoms with Crippen LogP contribution in [0.25, 0.3) is 11.0 Å². The number of halogens is 4. The molecule has 0 amide bonds. The topological polar surface area (TPSA) is 17.8 Å². The summed E-state index contributed by atoms with van der Waals surface area (Å²) in [4.78, 5) is 4.24. The summed E-state index contributed by atoms with van der Waals surface area (Å²) in [5, 5.41) is 0.0906. The van der Waals surface area contributed by atoms with Crippen molar-refractivity contribution in [3.05, 3.63) is 29.0 Å². The largest absolute Gasteiger partial charge is 0.321 e. The molecule has 0 aliphatic carbocycles. The Morgan fingerprint density at radius 3 is 2.71 bits per heavy atom. The number of hydrogen-bond donors (Lipinski definition) is 0. The summed E-state index contributed by atoms with van der Waals surface area (Å²) in [5.41, 5.74) is 1.21. The second-order valence-electron chi connectivity index (χ2n) is 3.72. The van der Waals surface area contributed by atoms with Crippen molar-refractivity contribution >= 4 is 34.2 Å². The van der Waals surface area contributed by atoms with E-state index in [1.165, 1.54) is 4.57 Å². The molecule has 0 bridgehead atoms. The van der Waals surface area contributed by atoms with Gasteiger partial charge in [0.2, 0.25) is 0 Å². The van der Waals surface area contributed by atoms with Gasteiger partial charge < -0.3 is 4.57 Å². The highest BCUT2D eigenvalue weighted by atomic mass is 35.5. The minimum absolute atomic E-state index is 0.412. The summed E-state index contributed by atoms with van der Waals surface area (Å²) in [5.74, 6) is 0.434. The molecular weight excluding hydrogens is 269 g/mol. The molecule has 1 aromatic heterocycles. The van der Waals surface area contributed by atoms with Gasteiger partial charge in [-0.25, -0.2) is 13.8 Å². The Morgan fingerprint density at radius 2 is 2.12 bits per heavy atom. The second-order valence-corrected chi connectivity index (χ2v) is 4.81. The van der Waals surface area contributed by atoms with Crippen LogP contribution in [0.15, 0.2) is 18.2 Å². The fourth-order valence-corrected chi connectivity index (χ4v) is 2.09. The molecule has 0 N–H and O–H groups in total. The van der Waals surface area contributed by atoms with Crippen molar-refractivity contribution in [3.8, 4) is 0 Å². The first-order valence-corrected chi connectivity index (χ1v) is 5.88. The lowest BCUT2D eigenvalue weighted by atomic mass is 10.3. The molecule has 1 heterocycles. The molecule has 17 heavy (non-hydrogen) atoms. The highest BCUT2D eigenvalue weighted by Gasteiger charge is 2.17. The minimum Gasteiger partial charge on any atom is -0.321 e. The highest BCUT2D eigenvalue weighted by molar-refractivity contribution is 6.31. The van der Waals surface area contributed by atoms with Crippen LogP contribution in [0.4, 0.5) is 8.78 Å². The second kappa shape index (κ2) is 4.78. The number of alkyl halides is 3. The molecule has 0 aliphatic heterocycles. The molecule has 0 radical (unpaired) electrons. The number of imidazole rings is 1. The van der Waals surface area contributed by atoms with Gasteiger partial charge in [-0.2, -0.15) is 0 Å². The van der Waals surface area contributed by atoms with Gasteiger partial charge in [-0.3, -0.25) is 0 Å². The normalized spacial score (nSPS) is 13.5. The Hall–Kier alpha value is -0.870. The molecule has 6 heteroatoms. The third-order valence-corrected chi connectivity index (χ3v) is 2.85. The lowest BCUT2D eigenvalue weighted by Crippen LogP contribution is -2.10. The van der Waals surface area contributed by atoms with Crippen LogP contribution >= 0.6 is 23.2 Å². The average molecular weight is 279 g/mol. The van der Waals surface area contributed by atoms with Crippen molar-refractivity contribution in [1.29, 1.82) is 0 Å². The lowest BCUT2D eigenvalue weighted by molar-refractivity contribution is 0.127. The van der Waals surface area contributed by atoms with Gasteiger partial charge >= 0.3 is 0 Å². The molecule has 2 rings (SSSR count). The molecule has 2 nitrogen and oxygen atoms in total. The Labute approximate surface area is 107 Å². The van der Waals surface area contributed by atoms with Gasteiger partial charge in [0.1, 0.15) is 5.82 Å². The van der Waals surface area contributed by atoms with E-state index in [1.807, 2.05) is 0 Å². The van der Waals surface area contributed by atoms with E-state index < -0.39 is 18.3 Å². The number of aromatic nitrogens is 2. The molecule has 1 unspecified atom stereocenters. The summed E-state index contributed by atoms with van der Waals surface area (Å²) in [6, 6.07) is 4.97. The van der Waals surface area contributed by atoms with E-state index in [9.17, 15) is 8.78 Å². The Morgan fingerprint density at radius 1 is 1.41 bits per heavy atom. The smallest absolute Gasteiger partial charge is 0.256 e. The number of benzene rings is 1. The van der Waals surface area contributed by atoms with E-state index in [-0.39, 0.29) is 0 Å². The first kappa shape index (κ1) is 12.6. The van der Waals surface area contributed by atoms with Gasteiger partial charge in [-0.15, -0.1) is 11.6 Å². The third kappa shape index (κ3) is 2.53. The number of rotatable bonds is 3. The van der Waals surface area contributed by atoms with Crippen molar-refractivity contribution in [2.75, 3.05) is 0 Å². The van der Waals surface area contributed by atoms with Gasteiger partial charge in [0.15, 0.2) is 0 Å². The number of hydrogen-bond acceptors (Lipinski definition) is 1. The van der Waals surface area contributed by atoms with Crippen LogP contribution in [0.3, 0.4) is 0 Å². The molecule has 0 saturated heterocycles.